The van der Waals surface area contributed by atoms with Gasteiger partial charge in [-0.1, -0.05) is 19.9 Å². The topological polar surface area (TPSA) is 46.5 Å². The van der Waals surface area contributed by atoms with Crippen molar-refractivity contribution in [2.75, 3.05) is 0 Å². The highest BCUT2D eigenvalue weighted by Crippen LogP contribution is 2.29. The van der Waals surface area contributed by atoms with Crippen LogP contribution < -0.4 is 4.74 Å². The zero-order valence-electron chi connectivity index (χ0n) is 10.1. The Balaban J connectivity index is 0.000000686. The maximum atomic E-state index is 13.3. The summed E-state index contributed by atoms with van der Waals surface area (Å²) in [5.74, 6) is -1.90. The highest BCUT2D eigenvalue weighted by atomic mass is 19.1. The molecule has 94 valence electrons. The number of ether oxygens (including phenoxy) is 1. The van der Waals surface area contributed by atoms with Crippen LogP contribution in [0.4, 0.5) is 4.39 Å². The van der Waals surface area contributed by atoms with Crippen molar-refractivity contribution >= 4 is 5.97 Å². The second-order valence-electron chi connectivity index (χ2n) is 3.59. The summed E-state index contributed by atoms with van der Waals surface area (Å²) in [4.78, 5) is 10.8. The van der Waals surface area contributed by atoms with Crippen molar-refractivity contribution in [1.29, 1.82) is 0 Å². The monoisotopic (exact) mass is 240 g/mol. The SMILES string of the molecule is CC.O=C(O)c1cccc(F)c1OC1CCC1. The molecule has 0 heterocycles. The summed E-state index contributed by atoms with van der Waals surface area (Å²) in [6.45, 7) is 4.00. The number of hydrogen-bond donors (Lipinski definition) is 1. The van der Waals surface area contributed by atoms with Crippen LogP contribution in [0.25, 0.3) is 0 Å². The van der Waals surface area contributed by atoms with Crippen LogP contribution in [0.1, 0.15) is 43.5 Å². The molecule has 0 spiro atoms. The average Bonchev–Trinajstić information content (AvgIpc) is 2.27. The number of benzene rings is 1. The fraction of sp³-hybridized carbons (Fsp3) is 0.462. The van der Waals surface area contributed by atoms with E-state index in [-0.39, 0.29) is 17.4 Å². The molecule has 4 heteroatoms. The first-order chi connectivity index (χ1) is 8.18. The summed E-state index contributed by atoms with van der Waals surface area (Å²) >= 11 is 0. The van der Waals surface area contributed by atoms with Crippen molar-refractivity contribution < 1.29 is 19.0 Å². The molecule has 1 aliphatic carbocycles. The molecule has 0 unspecified atom stereocenters. The number of carboxylic acids is 1. The Morgan fingerprint density at radius 2 is 2.06 bits per heavy atom. The van der Waals surface area contributed by atoms with Gasteiger partial charge in [0.15, 0.2) is 11.6 Å². The van der Waals surface area contributed by atoms with E-state index in [1.54, 1.807) is 0 Å². The van der Waals surface area contributed by atoms with Crippen LogP contribution in [0.15, 0.2) is 18.2 Å². The van der Waals surface area contributed by atoms with Gasteiger partial charge in [0, 0.05) is 0 Å². The van der Waals surface area contributed by atoms with Gasteiger partial charge in [0.1, 0.15) is 5.56 Å². The Bertz CT molecular complexity index is 386. The lowest BCUT2D eigenvalue weighted by molar-refractivity contribution is 0.0675. The molecule has 0 aromatic heterocycles. The lowest BCUT2D eigenvalue weighted by Crippen LogP contribution is -2.26. The molecular formula is C13H17FO3. The van der Waals surface area contributed by atoms with Gasteiger partial charge in [-0.25, -0.2) is 9.18 Å². The molecule has 17 heavy (non-hydrogen) atoms. The van der Waals surface area contributed by atoms with E-state index in [1.165, 1.54) is 18.2 Å². The zero-order chi connectivity index (χ0) is 12.8. The molecule has 2 rings (SSSR count). The summed E-state index contributed by atoms with van der Waals surface area (Å²) in [7, 11) is 0. The van der Waals surface area contributed by atoms with E-state index in [0.29, 0.717) is 0 Å². The third-order valence-corrected chi connectivity index (χ3v) is 2.53. The van der Waals surface area contributed by atoms with Gasteiger partial charge in [-0.2, -0.15) is 0 Å². The van der Waals surface area contributed by atoms with Crippen molar-refractivity contribution in [2.45, 2.75) is 39.2 Å². The molecule has 0 atom stereocenters. The summed E-state index contributed by atoms with van der Waals surface area (Å²) in [6, 6.07) is 3.92. The van der Waals surface area contributed by atoms with E-state index in [4.69, 9.17) is 9.84 Å². The Kier molecular flexibility index (Phi) is 4.94. The Morgan fingerprint density at radius 1 is 1.41 bits per heavy atom. The molecule has 1 aromatic rings. The fourth-order valence-corrected chi connectivity index (χ4v) is 1.45. The Hall–Kier alpha value is -1.58. The number of aromatic carboxylic acids is 1. The second kappa shape index (κ2) is 6.23. The predicted octanol–water partition coefficient (Wildman–Crippen LogP) is 3.48. The van der Waals surface area contributed by atoms with Crippen LogP contribution in [0.5, 0.6) is 5.75 Å². The summed E-state index contributed by atoms with van der Waals surface area (Å²) in [5.41, 5.74) is -0.109. The lowest BCUT2D eigenvalue weighted by Gasteiger charge is -2.27. The van der Waals surface area contributed by atoms with E-state index in [2.05, 4.69) is 0 Å². The van der Waals surface area contributed by atoms with Gasteiger partial charge in [-0.15, -0.1) is 0 Å². The molecule has 0 aliphatic heterocycles. The van der Waals surface area contributed by atoms with Crippen LogP contribution in [0.2, 0.25) is 0 Å². The number of rotatable bonds is 3. The third-order valence-electron chi connectivity index (χ3n) is 2.53. The van der Waals surface area contributed by atoms with E-state index in [1.807, 2.05) is 13.8 Å². The minimum Gasteiger partial charge on any atom is -0.486 e. The van der Waals surface area contributed by atoms with Gasteiger partial charge in [0.05, 0.1) is 6.10 Å². The first-order valence-corrected chi connectivity index (χ1v) is 5.87. The highest BCUT2D eigenvalue weighted by Gasteiger charge is 2.24. The van der Waals surface area contributed by atoms with Crippen molar-refractivity contribution in [3.8, 4) is 5.75 Å². The van der Waals surface area contributed by atoms with Gasteiger partial charge >= 0.3 is 5.97 Å². The molecule has 0 saturated heterocycles. The first-order valence-electron chi connectivity index (χ1n) is 5.87. The minimum absolute atomic E-state index is 0.0278. The normalized spacial score (nSPS) is 14.3. The third kappa shape index (κ3) is 3.19. The maximum Gasteiger partial charge on any atom is 0.339 e. The number of hydrogen-bond acceptors (Lipinski definition) is 2. The van der Waals surface area contributed by atoms with Gasteiger partial charge in [0.25, 0.3) is 0 Å². The van der Waals surface area contributed by atoms with Gasteiger partial charge in [-0.05, 0) is 31.4 Å². The Labute approximate surface area is 100 Å². The molecule has 0 radical (unpaired) electrons. The van der Waals surface area contributed by atoms with Crippen LogP contribution in [-0.2, 0) is 0 Å². The second-order valence-corrected chi connectivity index (χ2v) is 3.59. The Morgan fingerprint density at radius 3 is 2.53 bits per heavy atom. The zero-order valence-corrected chi connectivity index (χ0v) is 10.1. The highest BCUT2D eigenvalue weighted by molar-refractivity contribution is 5.90. The molecule has 1 saturated carbocycles. The number of carboxylic acid groups (broad SMARTS) is 1. The molecule has 1 aliphatic rings. The minimum atomic E-state index is -1.16. The summed E-state index contributed by atoms with van der Waals surface area (Å²) in [6.07, 6.45) is 2.77. The molecular weight excluding hydrogens is 223 g/mol. The van der Waals surface area contributed by atoms with Crippen LogP contribution in [0.3, 0.4) is 0 Å². The van der Waals surface area contributed by atoms with Crippen molar-refractivity contribution in [1.82, 2.24) is 0 Å². The van der Waals surface area contributed by atoms with Crippen LogP contribution >= 0.6 is 0 Å². The first kappa shape index (κ1) is 13.5. The molecule has 3 nitrogen and oxygen atoms in total. The van der Waals surface area contributed by atoms with Crippen molar-refractivity contribution in [3.05, 3.63) is 29.6 Å². The van der Waals surface area contributed by atoms with E-state index >= 15 is 0 Å². The maximum absolute atomic E-state index is 13.3. The van der Waals surface area contributed by atoms with Gasteiger partial charge < -0.3 is 9.84 Å². The van der Waals surface area contributed by atoms with Crippen molar-refractivity contribution in [3.63, 3.8) is 0 Å². The number of halogens is 1. The van der Waals surface area contributed by atoms with Crippen LogP contribution in [-0.4, -0.2) is 17.2 Å². The summed E-state index contributed by atoms with van der Waals surface area (Å²) < 4.78 is 18.7. The fourth-order valence-electron chi connectivity index (χ4n) is 1.45. The molecule has 1 aromatic carbocycles. The van der Waals surface area contributed by atoms with Crippen LogP contribution in [0, 0.1) is 5.82 Å². The molecule has 0 bridgehead atoms. The van der Waals surface area contributed by atoms with Crippen molar-refractivity contribution in [2.24, 2.45) is 0 Å². The average molecular weight is 240 g/mol. The largest absolute Gasteiger partial charge is 0.486 e. The number of carbonyl (C=O) groups is 1. The number of para-hydroxylation sites is 1. The molecule has 0 amide bonds. The molecule has 1 fully saturated rings. The lowest BCUT2D eigenvalue weighted by atomic mass is 9.96. The van der Waals surface area contributed by atoms with E-state index in [9.17, 15) is 9.18 Å². The smallest absolute Gasteiger partial charge is 0.339 e. The van der Waals surface area contributed by atoms with Gasteiger partial charge in [0.2, 0.25) is 0 Å². The van der Waals surface area contributed by atoms with Gasteiger partial charge in [-0.3, -0.25) is 0 Å². The molecule has 1 N–H and O–H groups in total. The summed E-state index contributed by atoms with van der Waals surface area (Å²) in [5, 5.41) is 8.85. The standard InChI is InChI=1S/C11H11FO3.C2H6/c12-9-6-2-5-8(11(13)14)10(9)15-7-3-1-4-7;1-2/h2,5-7H,1,3-4H2,(H,13,14);1-2H3. The predicted molar refractivity (Wildman–Crippen MR) is 63.0 cm³/mol. The quantitative estimate of drug-likeness (QED) is 0.879. The van der Waals surface area contributed by atoms with E-state index in [0.717, 1.165) is 19.3 Å². The van der Waals surface area contributed by atoms with E-state index < -0.39 is 11.8 Å².